The van der Waals surface area contributed by atoms with Gasteiger partial charge in [0.1, 0.15) is 12.4 Å². The van der Waals surface area contributed by atoms with Crippen LogP contribution in [0.3, 0.4) is 0 Å². The van der Waals surface area contributed by atoms with Gasteiger partial charge in [0.15, 0.2) is 12.4 Å². The molecular weight excluding hydrogens is 350 g/mol. The lowest BCUT2D eigenvalue weighted by molar-refractivity contribution is -0.385. The molecule has 0 bridgehead atoms. The maximum absolute atomic E-state index is 11.9. The molecule has 0 aromatic heterocycles. The number of nitrogens with one attached hydrogen (secondary N) is 1. The third-order valence-corrected chi connectivity index (χ3v) is 3.64. The standard InChI is InChI=1S/C19H23N3O5/c1-21(2)11-12-26-16-9-7-15(8-10-16)13-20-19(23)14-27-18-6-4-3-5-17(18)22(24)25/h3-10H,11-14H2,1-2H3,(H,20,23). The first-order valence-corrected chi connectivity index (χ1v) is 8.45. The van der Waals surface area contributed by atoms with Crippen LogP contribution in [0.2, 0.25) is 0 Å². The first-order valence-electron chi connectivity index (χ1n) is 8.45. The number of para-hydroxylation sites is 2. The molecule has 1 N–H and O–H groups in total. The summed E-state index contributed by atoms with van der Waals surface area (Å²) < 4.78 is 10.9. The normalized spacial score (nSPS) is 10.5. The molecule has 2 rings (SSSR count). The van der Waals surface area contributed by atoms with E-state index in [4.69, 9.17) is 9.47 Å². The van der Waals surface area contributed by atoms with Crippen molar-refractivity contribution in [3.63, 3.8) is 0 Å². The summed E-state index contributed by atoms with van der Waals surface area (Å²) in [7, 11) is 3.96. The van der Waals surface area contributed by atoms with Crippen LogP contribution in [0.1, 0.15) is 5.56 Å². The number of nitro groups is 1. The number of rotatable bonds is 10. The lowest BCUT2D eigenvalue weighted by atomic mass is 10.2. The lowest BCUT2D eigenvalue weighted by Crippen LogP contribution is -2.28. The van der Waals surface area contributed by atoms with Crippen LogP contribution in [0.15, 0.2) is 48.5 Å². The molecule has 0 saturated carbocycles. The number of likely N-dealkylation sites (N-methyl/N-ethyl adjacent to an activating group) is 1. The van der Waals surface area contributed by atoms with E-state index in [0.29, 0.717) is 13.2 Å². The van der Waals surface area contributed by atoms with E-state index in [0.717, 1.165) is 17.9 Å². The van der Waals surface area contributed by atoms with Crippen molar-refractivity contribution in [3.05, 3.63) is 64.2 Å². The zero-order valence-corrected chi connectivity index (χ0v) is 15.4. The largest absolute Gasteiger partial charge is 0.492 e. The molecule has 1 amide bonds. The van der Waals surface area contributed by atoms with Gasteiger partial charge in [0.2, 0.25) is 0 Å². The Balaban J connectivity index is 1.76. The molecule has 0 radical (unpaired) electrons. The Morgan fingerprint density at radius 2 is 1.81 bits per heavy atom. The molecule has 0 heterocycles. The van der Waals surface area contributed by atoms with Crippen molar-refractivity contribution in [1.29, 1.82) is 0 Å². The summed E-state index contributed by atoms with van der Waals surface area (Å²) in [6, 6.07) is 13.4. The number of benzene rings is 2. The van der Waals surface area contributed by atoms with Crippen LogP contribution in [-0.2, 0) is 11.3 Å². The van der Waals surface area contributed by atoms with Crippen molar-refractivity contribution in [2.75, 3.05) is 33.9 Å². The van der Waals surface area contributed by atoms with Gasteiger partial charge >= 0.3 is 5.69 Å². The van der Waals surface area contributed by atoms with Crippen LogP contribution in [0.25, 0.3) is 0 Å². The minimum absolute atomic E-state index is 0.0666. The van der Waals surface area contributed by atoms with Gasteiger partial charge in [0, 0.05) is 19.2 Å². The van der Waals surface area contributed by atoms with Crippen molar-refractivity contribution in [2.24, 2.45) is 0 Å². The van der Waals surface area contributed by atoms with Gasteiger partial charge in [-0.25, -0.2) is 0 Å². The molecule has 0 aliphatic heterocycles. The van der Waals surface area contributed by atoms with Crippen molar-refractivity contribution < 1.29 is 19.2 Å². The van der Waals surface area contributed by atoms with Crippen LogP contribution in [0.5, 0.6) is 11.5 Å². The Hall–Kier alpha value is -3.13. The van der Waals surface area contributed by atoms with Gasteiger partial charge in [-0.1, -0.05) is 24.3 Å². The third kappa shape index (κ3) is 6.95. The topological polar surface area (TPSA) is 93.9 Å². The minimum Gasteiger partial charge on any atom is -0.492 e. The van der Waals surface area contributed by atoms with E-state index >= 15 is 0 Å². The fourth-order valence-electron chi connectivity index (χ4n) is 2.17. The number of carbonyl (C=O) groups is 1. The molecule has 0 aliphatic carbocycles. The Kier molecular flexibility index (Phi) is 7.57. The van der Waals surface area contributed by atoms with E-state index in [1.54, 1.807) is 12.1 Å². The summed E-state index contributed by atoms with van der Waals surface area (Å²) in [4.78, 5) is 24.3. The highest BCUT2D eigenvalue weighted by atomic mass is 16.6. The maximum Gasteiger partial charge on any atom is 0.310 e. The van der Waals surface area contributed by atoms with Gasteiger partial charge < -0.3 is 19.7 Å². The van der Waals surface area contributed by atoms with E-state index in [9.17, 15) is 14.9 Å². The molecule has 0 fully saturated rings. The van der Waals surface area contributed by atoms with Crippen LogP contribution in [0, 0.1) is 10.1 Å². The first kappa shape index (κ1) is 20.2. The van der Waals surface area contributed by atoms with Gasteiger partial charge in [0.05, 0.1) is 4.92 Å². The summed E-state index contributed by atoms with van der Waals surface area (Å²) in [6.07, 6.45) is 0. The number of ether oxygens (including phenoxy) is 2. The second-order valence-electron chi connectivity index (χ2n) is 6.09. The second kappa shape index (κ2) is 10.1. The number of amides is 1. The Morgan fingerprint density at radius 1 is 1.11 bits per heavy atom. The average Bonchev–Trinajstić information content (AvgIpc) is 2.65. The highest BCUT2D eigenvalue weighted by molar-refractivity contribution is 5.77. The number of hydrogen-bond donors (Lipinski definition) is 1. The van der Waals surface area contributed by atoms with E-state index in [-0.39, 0.29) is 24.0 Å². The van der Waals surface area contributed by atoms with E-state index < -0.39 is 4.92 Å². The van der Waals surface area contributed by atoms with Gasteiger partial charge in [-0.2, -0.15) is 0 Å². The molecule has 0 spiro atoms. The van der Waals surface area contributed by atoms with E-state index in [1.165, 1.54) is 12.1 Å². The highest BCUT2D eigenvalue weighted by Crippen LogP contribution is 2.25. The predicted octanol–water partition coefficient (Wildman–Crippen LogP) is 2.23. The number of nitro benzene ring substituents is 1. The van der Waals surface area contributed by atoms with Gasteiger partial charge in [-0.05, 0) is 37.9 Å². The molecule has 0 atom stereocenters. The summed E-state index contributed by atoms with van der Waals surface area (Å²) in [5, 5.41) is 13.6. The van der Waals surface area contributed by atoms with Gasteiger partial charge in [-0.15, -0.1) is 0 Å². The molecule has 0 saturated heterocycles. The maximum atomic E-state index is 11.9. The van der Waals surface area contributed by atoms with Crippen LogP contribution in [-0.4, -0.2) is 49.6 Å². The summed E-state index contributed by atoms with van der Waals surface area (Å²) in [5.74, 6) is 0.475. The fraction of sp³-hybridized carbons (Fsp3) is 0.316. The van der Waals surface area contributed by atoms with Crippen LogP contribution in [0.4, 0.5) is 5.69 Å². The summed E-state index contributed by atoms with van der Waals surface area (Å²) >= 11 is 0. The van der Waals surface area contributed by atoms with Crippen molar-refractivity contribution in [3.8, 4) is 11.5 Å². The molecule has 144 valence electrons. The van der Waals surface area contributed by atoms with Crippen LogP contribution >= 0.6 is 0 Å². The number of carbonyl (C=O) groups excluding carboxylic acids is 1. The molecule has 27 heavy (non-hydrogen) atoms. The zero-order valence-electron chi connectivity index (χ0n) is 15.4. The predicted molar refractivity (Wildman–Crippen MR) is 101 cm³/mol. The monoisotopic (exact) mass is 373 g/mol. The molecule has 0 unspecified atom stereocenters. The lowest BCUT2D eigenvalue weighted by Gasteiger charge is -2.11. The van der Waals surface area contributed by atoms with Crippen LogP contribution < -0.4 is 14.8 Å². The number of nitrogens with zero attached hydrogens (tertiary/aromatic N) is 2. The Labute approximate surface area is 157 Å². The SMILES string of the molecule is CN(C)CCOc1ccc(CNC(=O)COc2ccccc2[N+](=O)[O-])cc1. The Morgan fingerprint density at radius 3 is 2.48 bits per heavy atom. The van der Waals surface area contributed by atoms with Gasteiger partial charge in [0.25, 0.3) is 5.91 Å². The number of hydrogen-bond acceptors (Lipinski definition) is 6. The van der Waals surface area contributed by atoms with Gasteiger partial charge in [-0.3, -0.25) is 14.9 Å². The molecule has 8 heteroatoms. The average molecular weight is 373 g/mol. The molecule has 8 nitrogen and oxygen atoms in total. The molecule has 2 aromatic rings. The summed E-state index contributed by atoms with van der Waals surface area (Å²) in [5.41, 5.74) is 0.740. The van der Waals surface area contributed by atoms with E-state index in [1.807, 2.05) is 43.3 Å². The molecular formula is C19H23N3O5. The van der Waals surface area contributed by atoms with Crippen molar-refractivity contribution in [2.45, 2.75) is 6.54 Å². The quantitative estimate of drug-likeness (QED) is 0.507. The first-order chi connectivity index (χ1) is 13.0. The third-order valence-electron chi connectivity index (χ3n) is 3.64. The summed E-state index contributed by atoms with van der Waals surface area (Å²) in [6.45, 7) is 1.47. The van der Waals surface area contributed by atoms with Crippen molar-refractivity contribution >= 4 is 11.6 Å². The minimum atomic E-state index is -0.546. The zero-order chi connectivity index (χ0) is 19.6. The Bertz CT molecular complexity index is 762. The van der Waals surface area contributed by atoms with E-state index in [2.05, 4.69) is 5.32 Å². The second-order valence-corrected chi connectivity index (χ2v) is 6.09. The van der Waals surface area contributed by atoms with Crippen molar-refractivity contribution in [1.82, 2.24) is 10.2 Å². The fourth-order valence-corrected chi connectivity index (χ4v) is 2.17. The molecule has 0 aliphatic rings. The molecule has 2 aromatic carbocycles. The smallest absolute Gasteiger partial charge is 0.310 e. The highest BCUT2D eigenvalue weighted by Gasteiger charge is 2.14.